The molecule has 0 saturated heterocycles. The number of hydrogen-bond acceptors (Lipinski definition) is 2. The van der Waals surface area contributed by atoms with Gasteiger partial charge in [0.1, 0.15) is 11.6 Å². The van der Waals surface area contributed by atoms with Crippen molar-refractivity contribution in [1.82, 2.24) is 0 Å². The molecule has 0 spiro atoms. The van der Waals surface area contributed by atoms with Gasteiger partial charge in [0.15, 0.2) is 0 Å². The van der Waals surface area contributed by atoms with Crippen LogP contribution < -0.4 is 0 Å². The number of Topliss-reactive ketones (excluding diaryl/α,β-unsaturated/α-hetero) is 2. The van der Waals surface area contributed by atoms with E-state index in [1.54, 1.807) is 6.92 Å². The molecule has 0 aromatic heterocycles. The van der Waals surface area contributed by atoms with Gasteiger partial charge in [-0.3, -0.25) is 9.59 Å². The van der Waals surface area contributed by atoms with Crippen molar-refractivity contribution in [3.63, 3.8) is 0 Å². The summed E-state index contributed by atoms with van der Waals surface area (Å²) in [5.41, 5.74) is 0. The zero-order valence-corrected chi connectivity index (χ0v) is 10.1. The van der Waals surface area contributed by atoms with Gasteiger partial charge in [-0.05, 0) is 32.1 Å². The fourth-order valence-electron chi connectivity index (χ4n) is 2.53. The van der Waals surface area contributed by atoms with E-state index in [0.717, 1.165) is 25.7 Å². The van der Waals surface area contributed by atoms with E-state index < -0.39 is 0 Å². The number of carbonyl (C=O) groups is 2. The molecular formula is C13H22O2. The second-order valence-electron chi connectivity index (χ2n) is 5.07. The van der Waals surface area contributed by atoms with Crippen LogP contribution in [-0.4, -0.2) is 11.6 Å². The molecule has 1 fully saturated rings. The predicted octanol–water partition coefficient (Wildman–Crippen LogP) is 3.00. The van der Waals surface area contributed by atoms with E-state index in [2.05, 4.69) is 0 Å². The van der Waals surface area contributed by atoms with Crippen LogP contribution in [0.15, 0.2) is 0 Å². The second-order valence-corrected chi connectivity index (χ2v) is 5.07. The highest BCUT2D eigenvalue weighted by Crippen LogP contribution is 2.35. The van der Waals surface area contributed by atoms with E-state index in [4.69, 9.17) is 0 Å². The first-order valence-corrected chi connectivity index (χ1v) is 6.05. The third-order valence-corrected chi connectivity index (χ3v) is 3.59. The molecule has 0 aromatic rings. The molecular weight excluding hydrogens is 188 g/mol. The van der Waals surface area contributed by atoms with Crippen LogP contribution in [-0.2, 0) is 9.59 Å². The van der Waals surface area contributed by atoms with E-state index in [9.17, 15) is 9.59 Å². The Morgan fingerprint density at radius 3 is 2.47 bits per heavy atom. The van der Waals surface area contributed by atoms with Crippen LogP contribution >= 0.6 is 0 Å². The smallest absolute Gasteiger partial charge is 0.135 e. The molecule has 2 heteroatoms. The molecule has 86 valence electrons. The number of ketones is 2. The summed E-state index contributed by atoms with van der Waals surface area (Å²) in [5.74, 6) is 1.51. The Bertz CT molecular complexity index is 243. The van der Waals surface area contributed by atoms with Gasteiger partial charge < -0.3 is 0 Å². The van der Waals surface area contributed by atoms with Crippen molar-refractivity contribution in [2.45, 2.75) is 52.9 Å². The van der Waals surface area contributed by atoms with Crippen LogP contribution in [0.2, 0.25) is 0 Å². The van der Waals surface area contributed by atoms with Crippen LogP contribution in [0.4, 0.5) is 0 Å². The molecule has 0 bridgehead atoms. The first-order valence-electron chi connectivity index (χ1n) is 6.05. The summed E-state index contributed by atoms with van der Waals surface area (Å²) in [6.07, 6.45) is 4.91. The standard InChI is InChI=1S/C13H22O2/c1-9(2)13(15)8-7-11-5-4-6-12(11)10(3)14/h9,11-12H,4-8H2,1-3H3/t11?,12-/m0/s1. The Kier molecular flexibility index (Phi) is 4.49. The molecule has 0 amide bonds. The zero-order valence-electron chi connectivity index (χ0n) is 10.1. The van der Waals surface area contributed by atoms with E-state index in [1.165, 1.54) is 0 Å². The molecule has 0 aliphatic heterocycles. The average Bonchev–Trinajstić information content (AvgIpc) is 2.61. The minimum atomic E-state index is 0.141. The van der Waals surface area contributed by atoms with Gasteiger partial charge in [-0.2, -0.15) is 0 Å². The molecule has 15 heavy (non-hydrogen) atoms. The SMILES string of the molecule is CC(=O)[C@@H]1CCCC1CCC(=O)C(C)C. The minimum absolute atomic E-state index is 0.141. The molecule has 0 N–H and O–H groups in total. The normalized spacial score (nSPS) is 25.9. The van der Waals surface area contributed by atoms with Gasteiger partial charge in [-0.1, -0.05) is 20.3 Å². The van der Waals surface area contributed by atoms with Crippen molar-refractivity contribution in [3.05, 3.63) is 0 Å². The van der Waals surface area contributed by atoms with Crippen molar-refractivity contribution >= 4 is 11.6 Å². The summed E-state index contributed by atoms with van der Waals surface area (Å²) < 4.78 is 0. The quantitative estimate of drug-likeness (QED) is 0.699. The molecule has 0 radical (unpaired) electrons. The van der Waals surface area contributed by atoms with E-state index in [-0.39, 0.29) is 11.8 Å². The average molecular weight is 210 g/mol. The summed E-state index contributed by atoms with van der Waals surface area (Å²) in [6.45, 7) is 5.58. The molecule has 1 saturated carbocycles. The Hall–Kier alpha value is -0.660. The lowest BCUT2D eigenvalue weighted by Crippen LogP contribution is -2.18. The summed E-state index contributed by atoms with van der Waals surface area (Å²) >= 11 is 0. The van der Waals surface area contributed by atoms with Crippen molar-refractivity contribution in [2.24, 2.45) is 17.8 Å². The maximum absolute atomic E-state index is 11.5. The lowest BCUT2D eigenvalue weighted by atomic mass is 9.87. The van der Waals surface area contributed by atoms with Gasteiger partial charge in [-0.15, -0.1) is 0 Å². The zero-order chi connectivity index (χ0) is 11.4. The first kappa shape index (κ1) is 12.4. The summed E-state index contributed by atoms with van der Waals surface area (Å²) in [7, 11) is 0. The molecule has 2 atom stereocenters. The predicted molar refractivity (Wildman–Crippen MR) is 60.6 cm³/mol. The van der Waals surface area contributed by atoms with E-state index in [0.29, 0.717) is 23.9 Å². The highest BCUT2D eigenvalue weighted by Gasteiger charge is 2.30. The van der Waals surface area contributed by atoms with Crippen molar-refractivity contribution < 1.29 is 9.59 Å². The molecule has 1 rings (SSSR count). The topological polar surface area (TPSA) is 34.1 Å². The number of rotatable bonds is 5. The highest BCUT2D eigenvalue weighted by atomic mass is 16.1. The fraction of sp³-hybridized carbons (Fsp3) is 0.846. The Morgan fingerprint density at radius 1 is 1.27 bits per heavy atom. The largest absolute Gasteiger partial charge is 0.300 e. The van der Waals surface area contributed by atoms with Crippen molar-refractivity contribution in [1.29, 1.82) is 0 Å². The Morgan fingerprint density at radius 2 is 1.93 bits per heavy atom. The lowest BCUT2D eigenvalue weighted by Gasteiger charge is -2.16. The van der Waals surface area contributed by atoms with Crippen LogP contribution in [0, 0.1) is 17.8 Å². The third kappa shape index (κ3) is 3.44. The molecule has 0 aromatic carbocycles. The monoisotopic (exact) mass is 210 g/mol. The molecule has 2 nitrogen and oxygen atoms in total. The maximum Gasteiger partial charge on any atom is 0.135 e. The molecule has 0 heterocycles. The summed E-state index contributed by atoms with van der Waals surface area (Å²) in [4.78, 5) is 22.8. The van der Waals surface area contributed by atoms with Crippen LogP contribution in [0.25, 0.3) is 0 Å². The molecule has 1 aliphatic carbocycles. The fourth-order valence-corrected chi connectivity index (χ4v) is 2.53. The lowest BCUT2D eigenvalue weighted by molar-refractivity contribution is -0.124. The van der Waals surface area contributed by atoms with Gasteiger partial charge in [-0.25, -0.2) is 0 Å². The van der Waals surface area contributed by atoms with Gasteiger partial charge in [0.2, 0.25) is 0 Å². The summed E-state index contributed by atoms with van der Waals surface area (Å²) in [5, 5.41) is 0. The second kappa shape index (κ2) is 5.43. The van der Waals surface area contributed by atoms with E-state index >= 15 is 0 Å². The Labute approximate surface area is 92.4 Å². The minimum Gasteiger partial charge on any atom is -0.300 e. The molecule has 1 aliphatic rings. The van der Waals surface area contributed by atoms with Crippen molar-refractivity contribution in [3.8, 4) is 0 Å². The first-order chi connectivity index (χ1) is 7.02. The third-order valence-electron chi connectivity index (χ3n) is 3.59. The van der Waals surface area contributed by atoms with Crippen molar-refractivity contribution in [2.75, 3.05) is 0 Å². The Balaban J connectivity index is 2.38. The van der Waals surface area contributed by atoms with Gasteiger partial charge in [0.25, 0.3) is 0 Å². The maximum atomic E-state index is 11.5. The summed E-state index contributed by atoms with van der Waals surface area (Å²) in [6, 6.07) is 0. The van der Waals surface area contributed by atoms with Crippen LogP contribution in [0.3, 0.4) is 0 Å². The number of hydrogen-bond donors (Lipinski definition) is 0. The highest BCUT2D eigenvalue weighted by molar-refractivity contribution is 5.81. The van der Waals surface area contributed by atoms with Gasteiger partial charge >= 0.3 is 0 Å². The van der Waals surface area contributed by atoms with Gasteiger partial charge in [0, 0.05) is 18.3 Å². The molecule has 1 unspecified atom stereocenters. The number of carbonyl (C=O) groups excluding carboxylic acids is 2. The van der Waals surface area contributed by atoms with E-state index in [1.807, 2.05) is 13.8 Å². The van der Waals surface area contributed by atoms with Gasteiger partial charge in [0.05, 0.1) is 0 Å². The van der Waals surface area contributed by atoms with Crippen LogP contribution in [0.1, 0.15) is 52.9 Å². The van der Waals surface area contributed by atoms with Crippen LogP contribution in [0.5, 0.6) is 0 Å².